The van der Waals surface area contributed by atoms with Gasteiger partial charge in [0.1, 0.15) is 0 Å². The maximum Gasteiger partial charge on any atom is 0.230 e. The monoisotopic (exact) mass is 449 g/mol. The first kappa shape index (κ1) is 22.9. The second kappa shape index (κ2) is 10.0. The van der Waals surface area contributed by atoms with Crippen LogP contribution in [0.25, 0.3) is 0 Å². The molecule has 30 heavy (non-hydrogen) atoms. The van der Waals surface area contributed by atoms with Crippen molar-refractivity contribution in [2.45, 2.75) is 59.0 Å². The number of hydrogen-bond acceptors (Lipinski definition) is 6. The van der Waals surface area contributed by atoms with E-state index in [1.54, 1.807) is 11.8 Å². The zero-order valence-electron chi connectivity index (χ0n) is 18.0. The number of thiazole rings is 1. The van der Waals surface area contributed by atoms with Crippen LogP contribution in [0.2, 0.25) is 0 Å². The van der Waals surface area contributed by atoms with Gasteiger partial charge in [0, 0.05) is 24.9 Å². The van der Waals surface area contributed by atoms with Crippen molar-refractivity contribution in [2.24, 2.45) is 0 Å². The van der Waals surface area contributed by atoms with Crippen molar-refractivity contribution in [3.63, 3.8) is 0 Å². The Morgan fingerprint density at radius 1 is 1.27 bits per heavy atom. The van der Waals surface area contributed by atoms with Gasteiger partial charge in [0.2, 0.25) is 5.91 Å². The van der Waals surface area contributed by atoms with Gasteiger partial charge in [-0.05, 0) is 37.4 Å². The first-order valence-corrected chi connectivity index (χ1v) is 13.3. The SMILES string of the molecule is CCCCN(Cc1csc(N(C(C)=O)c2ccccc2CC)n1)C1CCS(=O)(=O)C1. The minimum Gasteiger partial charge on any atom is -0.293 e. The Balaban J connectivity index is 1.83. The van der Waals surface area contributed by atoms with Crippen molar-refractivity contribution in [1.29, 1.82) is 0 Å². The molecule has 1 aliphatic rings. The van der Waals surface area contributed by atoms with Crippen molar-refractivity contribution >= 4 is 37.9 Å². The van der Waals surface area contributed by atoms with Crippen LogP contribution in [0.3, 0.4) is 0 Å². The number of hydrogen-bond donors (Lipinski definition) is 0. The van der Waals surface area contributed by atoms with E-state index in [1.165, 1.54) is 11.3 Å². The lowest BCUT2D eigenvalue weighted by Crippen LogP contribution is -2.36. The van der Waals surface area contributed by atoms with Crippen LogP contribution >= 0.6 is 11.3 Å². The molecule has 0 spiro atoms. The molecule has 0 radical (unpaired) electrons. The highest BCUT2D eigenvalue weighted by Gasteiger charge is 2.32. The van der Waals surface area contributed by atoms with Gasteiger partial charge in [-0.1, -0.05) is 38.5 Å². The van der Waals surface area contributed by atoms with E-state index < -0.39 is 9.84 Å². The van der Waals surface area contributed by atoms with Crippen LogP contribution in [0.15, 0.2) is 29.6 Å². The number of benzene rings is 1. The molecule has 1 saturated heterocycles. The van der Waals surface area contributed by atoms with E-state index in [0.29, 0.717) is 18.1 Å². The first-order valence-electron chi connectivity index (χ1n) is 10.6. The highest BCUT2D eigenvalue weighted by molar-refractivity contribution is 7.91. The van der Waals surface area contributed by atoms with Crippen LogP contribution in [0, 0.1) is 0 Å². The van der Waals surface area contributed by atoms with E-state index in [2.05, 4.69) is 18.7 Å². The third-order valence-electron chi connectivity index (χ3n) is 5.55. The van der Waals surface area contributed by atoms with Gasteiger partial charge in [0.15, 0.2) is 15.0 Å². The number of aromatic nitrogens is 1. The quantitative estimate of drug-likeness (QED) is 0.574. The maximum atomic E-state index is 12.5. The number of nitrogens with zero attached hydrogens (tertiary/aromatic N) is 3. The molecule has 0 bridgehead atoms. The Kier molecular flexibility index (Phi) is 7.65. The van der Waals surface area contributed by atoms with E-state index in [9.17, 15) is 13.2 Å². The molecule has 1 aromatic carbocycles. The van der Waals surface area contributed by atoms with Gasteiger partial charge in [-0.2, -0.15) is 0 Å². The molecule has 6 nitrogen and oxygen atoms in total. The number of anilines is 2. The summed E-state index contributed by atoms with van der Waals surface area (Å²) < 4.78 is 23.9. The fraction of sp³-hybridized carbons (Fsp3) is 0.545. The molecule has 1 aliphatic heterocycles. The Morgan fingerprint density at radius 3 is 2.67 bits per heavy atom. The number of para-hydroxylation sites is 1. The van der Waals surface area contributed by atoms with Crippen LogP contribution in [-0.4, -0.2) is 48.3 Å². The van der Waals surface area contributed by atoms with Crippen molar-refractivity contribution in [3.8, 4) is 0 Å². The summed E-state index contributed by atoms with van der Waals surface area (Å²) in [7, 11) is -2.93. The predicted molar refractivity (Wildman–Crippen MR) is 123 cm³/mol. The highest BCUT2D eigenvalue weighted by Crippen LogP contribution is 2.32. The number of carbonyl (C=O) groups excluding carboxylic acids is 1. The van der Waals surface area contributed by atoms with Gasteiger partial charge in [-0.15, -0.1) is 11.3 Å². The lowest BCUT2D eigenvalue weighted by atomic mass is 10.1. The lowest BCUT2D eigenvalue weighted by molar-refractivity contribution is -0.115. The zero-order chi connectivity index (χ0) is 21.7. The molecule has 8 heteroatoms. The van der Waals surface area contributed by atoms with Gasteiger partial charge in [0.25, 0.3) is 0 Å². The van der Waals surface area contributed by atoms with E-state index in [1.807, 2.05) is 29.6 Å². The number of rotatable bonds is 9. The van der Waals surface area contributed by atoms with E-state index in [-0.39, 0.29) is 23.5 Å². The smallest absolute Gasteiger partial charge is 0.230 e. The van der Waals surface area contributed by atoms with Gasteiger partial charge in [0.05, 0.1) is 22.9 Å². The van der Waals surface area contributed by atoms with Gasteiger partial charge >= 0.3 is 0 Å². The minimum absolute atomic E-state index is 0.0522. The Morgan fingerprint density at radius 2 is 2.03 bits per heavy atom. The molecule has 0 aliphatic carbocycles. The van der Waals surface area contributed by atoms with E-state index >= 15 is 0 Å². The average Bonchev–Trinajstić information content (AvgIpc) is 3.31. The van der Waals surface area contributed by atoms with Crippen LogP contribution in [0.1, 0.15) is 51.3 Å². The number of amides is 1. The molecular weight excluding hydrogens is 418 g/mol. The Labute approximate surface area is 183 Å². The number of sulfone groups is 1. The molecular formula is C22H31N3O3S2. The zero-order valence-corrected chi connectivity index (χ0v) is 19.6. The van der Waals surface area contributed by atoms with Gasteiger partial charge in [-0.25, -0.2) is 13.4 Å². The molecule has 1 unspecified atom stereocenters. The van der Waals surface area contributed by atoms with Crippen LogP contribution < -0.4 is 4.90 Å². The second-order valence-electron chi connectivity index (χ2n) is 7.84. The molecule has 2 heterocycles. The maximum absolute atomic E-state index is 12.5. The van der Waals surface area contributed by atoms with E-state index in [0.717, 1.165) is 42.8 Å². The summed E-state index contributed by atoms with van der Waals surface area (Å²) in [5.41, 5.74) is 2.86. The molecule has 1 amide bonds. The molecule has 1 atom stereocenters. The highest BCUT2D eigenvalue weighted by atomic mass is 32.2. The van der Waals surface area contributed by atoms with Crippen LogP contribution in [0.5, 0.6) is 0 Å². The van der Waals surface area contributed by atoms with Crippen molar-refractivity contribution in [2.75, 3.05) is 23.0 Å². The summed E-state index contributed by atoms with van der Waals surface area (Å²) in [5.74, 6) is 0.438. The normalized spacial score (nSPS) is 18.1. The lowest BCUT2D eigenvalue weighted by Gasteiger charge is -2.27. The molecule has 164 valence electrons. The molecule has 0 saturated carbocycles. The van der Waals surface area contributed by atoms with Crippen LogP contribution in [-0.2, 0) is 27.6 Å². The standard InChI is InChI=1S/C22H31N3O3S2/c1-4-6-12-24(20-11-13-30(27,28)16-20)14-19-15-29-22(23-19)25(17(3)26)21-10-8-7-9-18(21)5-2/h7-10,15,20H,4-6,11-14,16H2,1-3H3. The number of carbonyl (C=O) groups is 1. The predicted octanol–water partition coefficient (Wildman–Crippen LogP) is 4.18. The van der Waals surface area contributed by atoms with E-state index in [4.69, 9.17) is 4.98 Å². The number of aryl methyl sites for hydroxylation is 1. The van der Waals surface area contributed by atoms with Crippen LogP contribution in [0.4, 0.5) is 10.8 Å². The largest absolute Gasteiger partial charge is 0.293 e. The minimum atomic E-state index is -2.93. The summed E-state index contributed by atoms with van der Waals surface area (Å²) in [6.45, 7) is 7.24. The summed E-state index contributed by atoms with van der Waals surface area (Å²) in [4.78, 5) is 21.2. The van der Waals surface area contributed by atoms with Crippen molar-refractivity contribution < 1.29 is 13.2 Å². The fourth-order valence-corrected chi connectivity index (χ4v) is 6.56. The topological polar surface area (TPSA) is 70.6 Å². The number of unbranched alkanes of at least 4 members (excludes halogenated alkanes) is 1. The Bertz CT molecular complexity index is 972. The summed E-state index contributed by atoms with van der Waals surface area (Å²) >= 11 is 1.46. The average molecular weight is 450 g/mol. The third kappa shape index (κ3) is 5.47. The summed E-state index contributed by atoms with van der Waals surface area (Å²) in [6, 6.07) is 7.96. The summed E-state index contributed by atoms with van der Waals surface area (Å²) in [6.07, 6.45) is 3.60. The fourth-order valence-electron chi connectivity index (χ4n) is 3.93. The molecule has 2 aromatic rings. The molecule has 3 rings (SSSR count). The molecule has 0 N–H and O–H groups in total. The summed E-state index contributed by atoms with van der Waals surface area (Å²) in [5, 5.41) is 2.65. The van der Waals surface area contributed by atoms with Crippen molar-refractivity contribution in [3.05, 3.63) is 40.9 Å². The molecule has 1 aromatic heterocycles. The Hall–Kier alpha value is -1.77. The van der Waals surface area contributed by atoms with Gasteiger partial charge < -0.3 is 0 Å². The molecule has 1 fully saturated rings. The first-order chi connectivity index (χ1) is 14.3. The third-order valence-corrected chi connectivity index (χ3v) is 8.17. The second-order valence-corrected chi connectivity index (χ2v) is 10.9. The van der Waals surface area contributed by atoms with Gasteiger partial charge in [-0.3, -0.25) is 14.6 Å². The van der Waals surface area contributed by atoms with Crippen molar-refractivity contribution in [1.82, 2.24) is 9.88 Å².